The summed E-state index contributed by atoms with van der Waals surface area (Å²) < 4.78 is 26.1. The van der Waals surface area contributed by atoms with E-state index >= 15 is 0 Å². The van der Waals surface area contributed by atoms with Crippen molar-refractivity contribution in [2.24, 2.45) is 5.92 Å². The van der Waals surface area contributed by atoms with E-state index < -0.39 is 10.8 Å². The maximum Gasteiger partial charge on any atom is 0.124 e. The topological polar surface area (TPSA) is 29.1 Å². The SMILES string of the molecule is CCCC1CCC(NC)C(S(=O)c2cccc(F)c2)C1. The second kappa shape index (κ2) is 7.32. The van der Waals surface area contributed by atoms with Gasteiger partial charge in [-0.1, -0.05) is 25.8 Å². The normalized spacial score (nSPS) is 28.2. The van der Waals surface area contributed by atoms with Crippen LogP contribution < -0.4 is 5.32 Å². The summed E-state index contributed by atoms with van der Waals surface area (Å²) in [5.41, 5.74) is 0. The molecule has 20 heavy (non-hydrogen) atoms. The van der Waals surface area contributed by atoms with E-state index in [-0.39, 0.29) is 17.1 Å². The largest absolute Gasteiger partial charge is 0.316 e. The molecule has 0 amide bonds. The van der Waals surface area contributed by atoms with Crippen molar-refractivity contribution in [1.29, 1.82) is 0 Å². The lowest BCUT2D eigenvalue weighted by Gasteiger charge is -2.35. The van der Waals surface area contributed by atoms with Gasteiger partial charge in [-0.3, -0.25) is 4.21 Å². The Kier molecular flexibility index (Phi) is 5.73. The molecule has 1 aromatic carbocycles. The molecule has 4 heteroatoms. The molecular formula is C16H24FNOS. The van der Waals surface area contributed by atoms with Crippen LogP contribution in [0.1, 0.15) is 39.0 Å². The zero-order chi connectivity index (χ0) is 14.5. The quantitative estimate of drug-likeness (QED) is 0.901. The van der Waals surface area contributed by atoms with Crippen molar-refractivity contribution < 1.29 is 8.60 Å². The highest BCUT2D eigenvalue weighted by molar-refractivity contribution is 7.85. The third-order valence-electron chi connectivity index (χ3n) is 4.27. The Balaban J connectivity index is 2.15. The molecule has 0 saturated heterocycles. The molecule has 0 radical (unpaired) electrons. The van der Waals surface area contributed by atoms with E-state index in [1.165, 1.54) is 31.4 Å². The summed E-state index contributed by atoms with van der Waals surface area (Å²) >= 11 is 0. The first kappa shape index (κ1) is 15.6. The zero-order valence-electron chi connectivity index (χ0n) is 12.3. The second-order valence-corrected chi connectivity index (χ2v) is 7.33. The summed E-state index contributed by atoms with van der Waals surface area (Å²) in [6, 6.07) is 6.49. The van der Waals surface area contributed by atoms with Crippen LogP contribution >= 0.6 is 0 Å². The molecule has 2 rings (SSSR count). The van der Waals surface area contributed by atoms with E-state index in [2.05, 4.69) is 12.2 Å². The maximum atomic E-state index is 13.3. The molecule has 1 aromatic rings. The number of hydrogen-bond donors (Lipinski definition) is 1. The predicted molar refractivity (Wildman–Crippen MR) is 81.7 cm³/mol. The van der Waals surface area contributed by atoms with Crippen molar-refractivity contribution in [1.82, 2.24) is 5.32 Å². The molecule has 1 aliphatic rings. The third-order valence-corrected chi connectivity index (χ3v) is 6.06. The lowest BCUT2D eigenvalue weighted by molar-refractivity contribution is 0.292. The monoisotopic (exact) mass is 297 g/mol. The summed E-state index contributed by atoms with van der Waals surface area (Å²) in [5.74, 6) is 0.352. The Hall–Kier alpha value is -0.740. The van der Waals surface area contributed by atoms with Gasteiger partial charge in [0, 0.05) is 10.9 Å². The lowest BCUT2D eigenvalue weighted by Crippen LogP contribution is -2.44. The van der Waals surface area contributed by atoms with Crippen molar-refractivity contribution >= 4 is 10.8 Å². The molecule has 1 N–H and O–H groups in total. The van der Waals surface area contributed by atoms with Gasteiger partial charge < -0.3 is 5.32 Å². The van der Waals surface area contributed by atoms with Crippen LogP contribution in [0, 0.1) is 11.7 Å². The fourth-order valence-electron chi connectivity index (χ4n) is 3.22. The summed E-state index contributed by atoms with van der Waals surface area (Å²) in [6.45, 7) is 2.20. The van der Waals surface area contributed by atoms with Gasteiger partial charge in [0.15, 0.2) is 0 Å². The second-order valence-electron chi connectivity index (χ2n) is 5.66. The standard InChI is InChI=1S/C16H24FNOS/c1-3-5-12-8-9-15(18-2)16(10-12)20(19)14-7-4-6-13(17)11-14/h4,6-7,11-12,15-16,18H,3,5,8-10H2,1-2H3. The van der Waals surface area contributed by atoms with Crippen LogP contribution in [0.4, 0.5) is 4.39 Å². The average Bonchev–Trinajstić information content (AvgIpc) is 2.47. The zero-order valence-corrected chi connectivity index (χ0v) is 13.1. The minimum atomic E-state index is -1.14. The van der Waals surface area contributed by atoms with E-state index in [1.807, 2.05) is 7.05 Å². The first-order valence-electron chi connectivity index (χ1n) is 7.49. The van der Waals surface area contributed by atoms with Gasteiger partial charge in [-0.05, 0) is 50.4 Å². The van der Waals surface area contributed by atoms with Gasteiger partial charge in [0.2, 0.25) is 0 Å². The predicted octanol–water partition coefficient (Wildman–Crippen LogP) is 3.49. The third kappa shape index (κ3) is 3.67. The fourth-order valence-corrected chi connectivity index (χ4v) is 5.02. The first-order chi connectivity index (χ1) is 9.65. The van der Waals surface area contributed by atoms with Gasteiger partial charge in [-0.2, -0.15) is 0 Å². The molecule has 1 saturated carbocycles. The Labute approximate surface area is 123 Å². The van der Waals surface area contributed by atoms with Crippen LogP contribution in [0.5, 0.6) is 0 Å². The number of nitrogens with one attached hydrogen (secondary N) is 1. The molecule has 2 nitrogen and oxygen atoms in total. The maximum absolute atomic E-state index is 13.3. The minimum Gasteiger partial charge on any atom is -0.316 e. The Morgan fingerprint density at radius 3 is 2.85 bits per heavy atom. The van der Waals surface area contributed by atoms with E-state index in [1.54, 1.807) is 12.1 Å². The Bertz CT molecular complexity index is 466. The van der Waals surface area contributed by atoms with Crippen LogP contribution in [-0.4, -0.2) is 22.5 Å². The summed E-state index contributed by atoms with van der Waals surface area (Å²) in [5, 5.41) is 3.39. The van der Waals surface area contributed by atoms with Gasteiger partial charge >= 0.3 is 0 Å². The molecule has 4 atom stereocenters. The number of rotatable bonds is 5. The highest BCUT2D eigenvalue weighted by atomic mass is 32.2. The molecule has 0 aromatic heterocycles. The van der Waals surface area contributed by atoms with Gasteiger partial charge in [-0.25, -0.2) is 4.39 Å². The van der Waals surface area contributed by atoms with Gasteiger partial charge in [0.1, 0.15) is 5.82 Å². The Morgan fingerprint density at radius 2 is 2.20 bits per heavy atom. The lowest BCUT2D eigenvalue weighted by atomic mass is 9.83. The van der Waals surface area contributed by atoms with Gasteiger partial charge in [-0.15, -0.1) is 0 Å². The smallest absolute Gasteiger partial charge is 0.124 e. The fraction of sp³-hybridized carbons (Fsp3) is 0.625. The van der Waals surface area contributed by atoms with Crippen LogP contribution in [0.2, 0.25) is 0 Å². The van der Waals surface area contributed by atoms with Crippen molar-refractivity contribution in [2.75, 3.05) is 7.05 Å². The molecule has 1 fully saturated rings. The van der Waals surface area contributed by atoms with Crippen molar-refractivity contribution in [2.45, 2.75) is 55.2 Å². The molecule has 0 spiro atoms. The van der Waals surface area contributed by atoms with Crippen LogP contribution in [0.25, 0.3) is 0 Å². The van der Waals surface area contributed by atoms with Crippen LogP contribution in [-0.2, 0) is 10.8 Å². The number of hydrogen-bond acceptors (Lipinski definition) is 2. The molecule has 112 valence electrons. The van der Waals surface area contributed by atoms with Gasteiger partial charge in [0.25, 0.3) is 0 Å². The van der Waals surface area contributed by atoms with Crippen molar-refractivity contribution in [3.63, 3.8) is 0 Å². The minimum absolute atomic E-state index is 0.0899. The molecule has 4 unspecified atom stereocenters. The molecule has 0 bridgehead atoms. The van der Waals surface area contributed by atoms with Crippen molar-refractivity contribution in [3.8, 4) is 0 Å². The summed E-state index contributed by atoms with van der Waals surface area (Å²) in [6.07, 6.45) is 5.62. The highest BCUT2D eigenvalue weighted by Crippen LogP contribution is 2.32. The average molecular weight is 297 g/mol. The van der Waals surface area contributed by atoms with Crippen LogP contribution in [0.15, 0.2) is 29.2 Å². The van der Waals surface area contributed by atoms with Crippen LogP contribution in [0.3, 0.4) is 0 Å². The molecule has 0 aliphatic heterocycles. The van der Waals surface area contributed by atoms with Crippen molar-refractivity contribution in [3.05, 3.63) is 30.1 Å². The van der Waals surface area contributed by atoms with E-state index in [0.717, 1.165) is 12.8 Å². The van der Waals surface area contributed by atoms with E-state index in [0.29, 0.717) is 10.8 Å². The summed E-state index contributed by atoms with van der Waals surface area (Å²) in [7, 11) is 0.794. The van der Waals surface area contributed by atoms with E-state index in [9.17, 15) is 8.60 Å². The van der Waals surface area contributed by atoms with Gasteiger partial charge in [0.05, 0.1) is 16.0 Å². The number of benzene rings is 1. The molecule has 0 heterocycles. The number of halogens is 1. The summed E-state index contributed by atoms with van der Waals surface area (Å²) in [4.78, 5) is 0.618. The molecular weight excluding hydrogens is 273 g/mol. The van der Waals surface area contributed by atoms with E-state index in [4.69, 9.17) is 0 Å². The Morgan fingerprint density at radius 1 is 1.40 bits per heavy atom. The first-order valence-corrected chi connectivity index (χ1v) is 8.70. The molecule has 1 aliphatic carbocycles. The highest BCUT2D eigenvalue weighted by Gasteiger charge is 2.33.